The van der Waals surface area contributed by atoms with Crippen LogP contribution in [0.3, 0.4) is 0 Å². The molecule has 2 aliphatic heterocycles. The molecule has 0 fully saturated rings. The molecule has 0 saturated heterocycles. The largest absolute Gasteiger partial charge is 0.489 e. The zero-order valence-corrected chi connectivity index (χ0v) is 15.3. The normalized spacial score (nSPS) is 19.2. The minimum Gasteiger partial charge on any atom is -0.489 e. The van der Waals surface area contributed by atoms with Crippen LogP contribution in [0.5, 0.6) is 5.75 Å². The average Bonchev–Trinajstić information content (AvgIpc) is 3.09. The second-order valence-electron chi connectivity index (χ2n) is 6.66. The first-order valence-electron chi connectivity index (χ1n) is 9.14. The summed E-state index contributed by atoms with van der Waals surface area (Å²) >= 11 is 0. The zero-order chi connectivity index (χ0) is 18.5. The summed E-state index contributed by atoms with van der Waals surface area (Å²) in [5.74, 6) is 0.113. The van der Waals surface area contributed by atoms with Gasteiger partial charge >= 0.3 is 0 Å². The van der Waals surface area contributed by atoms with Gasteiger partial charge in [0.25, 0.3) is 11.8 Å². The van der Waals surface area contributed by atoms with Crippen LogP contribution in [0.4, 0.5) is 5.69 Å². The molecule has 1 aromatic rings. The number of fused-ring (bicyclic) bond motifs is 1. The third-order valence-electron chi connectivity index (χ3n) is 4.69. The van der Waals surface area contributed by atoms with Crippen molar-refractivity contribution >= 4 is 23.2 Å². The Balaban J connectivity index is 1.62. The van der Waals surface area contributed by atoms with Crippen molar-refractivity contribution in [3.63, 3.8) is 0 Å². The first kappa shape index (κ1) is 18.2. The molecule has 1 aromatic carbocycles. The highest BCUT2D eigenvalue weighted by Gasteiger charge is 2.31. The van der Waals surface area contributed by atoms with Crippen LogP contribution in [0.2, 0.25) is 0 Å². The Morgan fingerprint density at radius 2 is 2.15 bits per heavy atom. The summed E-state index contributed by atoms with van der Waals surface area (Å²) in [6, 6.07) is 6.61. The van der Waals surface area contributed by atoms with E-state index in [1.807, 2.05) is 30.3 Å². The van der Waals surface area contributed by atoms with Crippen LogP contribution in [0.15, 0.2) is 40.9 Å². The Morgan fingerprint density at radius 1 is 1.35 bits per heavy atom. The molecule has 3 rings (SSSR count). The van der Waals surface area contributed by atoms with Crippen molar-refractivity contribution in [2.45, 2.75) is 38.6 Å². The number of carbonyl (C=O) groups excluding carboxylic acids is 2. The minimum absolute atomic E-state index is 0.103. The number of nitrogens with one attached hydrogen (secondary N) is 1. The minimum atomic E-state index is -0.736. The van der Waals surface area contributed by atoms with Crippen molar-refractivity contribution < 1.29 is 14.3 Å². The van der Waals surface area contributed by atoms with E-state index in [-0.39, 0.29) is 18.4 Å². The lowest BCUT2D eigenvalue weighted by molar-refractivity contribution is -0.124. The van der Waals surface area contributed by atoms with E-state index in [9.17, 15) is 9.59 Å². The first-order valence-corrected chi connectivity index (χ1v) is 9.14. The highest BCUT2D eigenvalue weighted by Crippen LogP contribution is 2.29. The topological polar surface area (TPSA) is 71.0 Å². The van der Waals surface area contributed by atoms with Gasteiger partial charge in [-0.1, -0.05) is 31.9 Å². The Morgan fingerprint density at radius 3 is 2.96 bits per heavy atom. The number of anilines is 1. The van der Waals surface area contributed by atoms with E-state index in [1.54, 1.807) is 7.05 Å². The van der Waals surface area contributed by atoms with Gasteiger partial charge in [0, 0.05) is 7.05 Å². The highest BCUT2D eigenvalue weighted by molar-refractivity contribution is 6.44. The van der Waals surface area contributed by atoms with Gasteiger partial charge in [0.1, 0.15) is 24.1 Å². The van der Waals surface area contributed by atoms with Crippen LogP contribution in [0.25, 0.3) is 0 Å². The lowest BCUT2D eigenvalue weighted by Gasteiger charge is -2.20. The third-order valence-corrected chi connectivity index (χ3v) is 4.69. The number of likely N-dealkylation sites (N-methyl/N-ethyl adjacent to an activating group) is 1. The molecule has 2 amide bonds. The fourth-order valence-corrected chi connectivity index (χ4v) is 3.15. The van der Waals surface area contributed by atoms with Gasteiger partial charge in [0.15, 0.2) is 0 Å². The number of hydrogen-bond donors (Lipinski definition) is 1. The van der Waals surface area contributed by atoms with E-state index in [1.165, 1.54) is 23.3 Å². The number of hydrogen-bond acceptors (Lipinski definition) is 4. The molecule has 2 heterocycles. The van der Waals surface area contributed by atoms with Gasteiger partial charge in [0.2, 0.25) is 0 Å². The predicted octanol–water partition coefficient (Wildman–Crippen LogP) is 2.49. The molecular weight excluding hydrogens is 330 g/mol. The lowest BCUT2D eigenvalue weighted by Crippen LogP contribution is -2.50. The van der Waals surface area contributed by atoms with Gasteiger partial charge in [-0.15, -0.1) is 0 Å². The average molecular weight is 355 g/mol. The summed E-state index contributed by atoms with van der Waals surface area (Å²) in [7, 11) is 1.69. The molecule has 6 heteroatoms. The van der Waals surface area contributed by atoms with Crippen molar-refractivity contribution in [2.75, 3.05) is 25.1 Å². The first-order chi connectivity index (χ1) is 12.6. The number of nitrogens with zero attached hydrogens (tertiary/aromatic N) is 2. The molecule has 2 aliphatic rings. The van der Waals surface area contributed by atoms with Crippen LogP contribution >= 0.6 is 0 Å². The van der Waals surface area contributed by atoms with E-state index >= 15 is 0 Å². The van der Waals surface area contributed by atoms with Gasteiger partial charge in [-0.05, 0) is 36.6 Å². The van der Waals surface area contributed by atoms with Crippen LogP contribution in [-0.2, 0) is 9.59 Å². The van der Waals surface area contributed by atoms with Crippen molar-refractivity contribution in [2.24, 2.45) is 4.99 Å². The molecule has 1 atom stereocenters. The molecule has 6 nitrogen and oxygen atoms in total. The fourth-order valence-electron chi connectivity index (χ4n) is 3.15. The van der Waals surface area contributed by atoms with Crippen LogP contribution in [-0.4, -0.2) is 43.8 Å². The number of aliphatic imine (C=N–C) groups is 1. The van der Waals surface area contributed by atoms with Crippen LogP contribution in [0.1, 0.15) is 32.6 Å². The Bertz CT molecular complexity index is 754. The number of para-hydroxylation sites is 2. The molecule has 0 aliphatic carbocycles. The molecule has 0 saturated carbocycles. The molecule has 0 aromatic heterocycles. The number of benzene rings is 1. The number of amides is 2. The molecule has 0 radical (unpaired) electrons. The van der Waals surface area contributed by atoms with Crippen molar-refractivity contribution in [3.8, 4) is 5.75 Å². The maximum Gasteiger partial charge on any atom is 0.270 e. The molecular formula is C20H25N3O3. The van der Waals surface area contributed by atoms with Gasteiger partial charge in [0.05, 0.1) is 12.2 Å². The molecule has 0 bridgehead atoms. The van der Waals surface area contributed by atoms with E-state index in [4.69, 9.17) is 4.74 Å². The monoisotopic (exact) mass is 355 g/mol. The summed E-state index contributed by atoms with van der Waals surface area (Å²) in [4.78, 5) is 31.0. The van der Waals surface area contributed by atoms with Crippen molar-refractivity contribution in [1.29, 1.82) is 0 Å². The summed E-state index contributed by atoms with van der Waals surface area (Å²) in [6.45, 7) is 2.85. The molecule has 138 valence electrons. The Hall–Kier alpha value is -2.63. The number of unbranched alkanes of at least 4 members (excludes halogenated alkanes) is 2. The summed E-state index contributed by atoms with van der Waals surface area (Å²) in [5, 5.41) is 2.77. The van der Waals surface area contributed by atoms with Crippen molar-refractivity contribution in [1.82, 2.24) is 5.32 Å². The summed E-state index contributed by atoms with van der Waals surface area (Å²) in [6.07, 6.45) is 6.29. The second kappa shape index (κ2) is 8.17. The maximum absolute atomic E-state index is 12.7. The zero-order valence-electron chi connectivity index (χ0n) is 15.3. The summed E-state index contributed by atoms with van der Waals surface area (Å²) < 4.78 is 5.72. The standard InChI is InChI=1S/C20H25N3O3/c1-3-4-5-8-14-11-15(21-12-14)19(24)22-16-13-26-18-10-7-6-9-17(18)23(2)20(16)25/h6-7,9-11,16H,3-5,8,12-13H2,1-2H3,(H,22,24)/t16-/m0/s1. The molecule has 0 spiro atoms. The SMILES string of the molecule is CCCCCC1=CC(C(=O)N[C@H]2COc3ccccc3N(C)C2=O)=NC1. The maximum atomic E-state index is 12.7. The van der Waals surface area contributed by atoms with Crippen molar-refractivity contribution in [3.05, 3.63) is 35.9 Å². The number of rotatable bonds is 6. The smallest absolute Gasteiger partial charge is 0.270 e. The van der Waals surface area contributed by atoms with Crippen LogP contribution in [0, 0.1) is 0 Å². The Kier molecular flexibility index (Phi) is 5.71. The highest BCUT2D eigenvalue weighted by atomic mass is 16.5. The van der Waals surface area contributed by atoms with E-state index < -0.39 is 6.04 Å². The van der Waals surface area contributed by atoms with Gasteiger partial charge in [-0.2, -0.15) is 0 Å². The lowest BCUT2D eigenvalue weighted by atomic mass is 10.1. The third kappa shape index (κ3) is 3.95. The van der Waals surface area contributed by atoms with E-state index in [0.29, 0.717) is 23.7 Å². The van der Waals surface area contributed by atoms with E-state index in [0.717, 1.165) is 12.8 Å². The molecule has 0 unspecified atom stereocenters. The number of carbonyl (C=O) groups is 2. The number of ether oxygens (including phenoxy) is 1. The molecule has 26 heavy (non-hydrogen) atoms. The quantitative estimate of drug-likeness (QED) is 0.797. The summed E-state index contributed by atoms with van der Waals surface area (Å²) in [5.41, 5.74) is 2.27. The van der Waals surface area contributed by atoms with Gasteiger partial charge < -0.3 is 15.0 Å². The van der Waals surface area contributed by atoms with Gasteiger partial charge in [-0.3, -0.25) is 14.6 Å². The molecule has 1 N–H and O–H groups in total. The Labute approximate surface area is 153 Å². The van der Waals surface area contributed by atoms with E-state index in [2.05, 4.69) is 17.2 Å². The fraction of sp³-hybridized carbons (Fsp3) is 0.450. The van der Waals surface area contributed by atoms with Crippen LogP contribution < -0.4 is 15.0 Å². The van der Waals surface area contributed by atoms with Gasteiger partial charge in [-0.25, -0.2) is 0 Å². The second-order valence-corrected chi connectivity index (χ2v) is 6.66. The predicted molar refractivity (Wildman–Crippen MR) is 102 cm³/mol.